The normalized spacial score (nSPS) is 12.6. The molecule has 0 saturated carbocycles. The van der Waals surface area contributed by atoms with Crippen molar-refractivity contribution < 1.29 is 5.11 Å². The van der Waals surface area contributed by atoms with Gasteiger partial charge in [0.1, 0.15) is 6.10 Å². The van der Waals surface area contributed by atoms with Crippen LogP contribution in [0.4, 0.5) is 0 Å². The van der Waals surface area contributed by atoms with Gasteiger partial charge < -0.3 is 5.11 Å². The van der Waals surface area contributed by atoms with E-state index in [0.717, 1.165) is 0 Å². The summed E-state index contributed by atoms with van der Waals surface area (Å²) in [6.07, 6.45) is -0.491. The van der Waals surface area contributed by atoms with E-state index < -0.39 is 6.10 Å². The Hall–Kier alpha value is 0. The Labute approximate surface area is 58.2 Å². The first-order chi connectivity index (χ1) is 3.68. The largest absolute Gasteiger partial charge is 0.380 e. The molecule has 0 spiro atoms. The summed E-state index contributed by atoms with van der Waals surface area (Å²) in [6.45, 7) is 3.84. The number of rotatable bonds is 1. The first-order valence-electron chi connectivity index (χ1n) is 2.47. The second-order valence-corrected chi connectivity index (χ2v) is 2.32. The summed E-state index contributed by atoms with van der Waals surface area (Å²) in [6, 6.07) is 0. The Morgan fingerprint density at radius 3 is 2.12 bits per heavy atom. The Balaban J connectivity index is 3.58. The number of aliphatic hydroxyl groups is 1. The van der Waals surface area contributed by atoms with Gasteiger partial charge in [0.2, 0.25) is 0 Å². The third kappa shape index (κ3) is 3.06. The van der Waals surface area contributed by atoms with E-state index in [0.29, 0.717) is 0 Å². The first-order valence-corrected chi connectivity index (χ1v) is 3.27. The van der Waals surface area contributed by atoms with Crippen LogP contribution in [0.3, 0.4) is 0 Å². The summed E-state index contributed by atoms with van der Waals surface area (Å²) in [5, 5.41) is 8.92. The van der Waals surface area contributed by atoms with Gasteiger partial charge in [-0.25, -0.2) is 0 Å². The lowest BCUT2D eigenvalue weighted by Gasteiger charge is -2.04. The van der Waals surface area contributed by atoms with E-state index in [1.54, 1.807) is 0 Å². The summed E-state index contributed by atoms with van der Waals surface area (Å²) < 4.78 is 0. The molecule has 1 N–H and O–H groups in total. The van der Waals surface area contributed by atoms with E-state index in [9.17, 15) is 0 Å². The highest BCUT2D eigenvalue weighted by molar-refractivity contribution is 9.12. The van der Waals surface area contributed by atoms with Gasteiger partial charge in [-0.2, -0.15) is 0 Å². The zero-order valence-corrected chi connectivity index (χ0v) is 6.57. The molecule has 0 aliphatic rings. The van der Waals surface area contributed by atoms with Crippen LogP contribution in [-0.2, 0) is 0 Å². The van der Waals surface area contributed by atoms with Crippen LogP contribution < -0.4 is 0 Å². The van der Waals surface area contributed by atoms with Gasteiger partial charge in [0, 0.05) is 15.9 Å². The molecule has 2 heteroatoms. The van der Waals surface area contributed by atoms with Crippen molar-refractivity contribution in [3.8, 4) is 10.8 Å². The van der Waals surface area contributed by atoms with Crippen molar-refractivity contribution in [3.63, 3.8) is 0 Å². The maximum absolute atomic E-state index is 8.92. The third-order valence-electron chi connectivity index (χ3n) is 0.834. The molecule has 8 heavy (non-hydrogen) atoms. The fraction of sp³-hybridized carbons (Fsp3) is 0.667. The van der Waals surface area contributed by atoms with E-state index in [1.165, 1.54) is 0 Å². The Morgan fingerprint density at radius 2 is 2.00 bits per heavy atom. The molecule has 0 heterocycles. The number of halogens is 1. The molecule has 0 saturated heterocycles. The van der Waals surface area contributed by atoms with Crippen molar-refractivity contribution in [2.24, 2.45) is 5.92 Å². The smallest absolute Gasteiger partial charge is 0.117 e. The van der Waals surface area contributed by atoms with Gasteiger partial charge >= 0.3 is 0 Å². The van der Waals surface area contributed by atoms with Crippen LogP contribution >= 0.6 is 15.9 Å². The summed E-state index contributed by atoms with van der Waals surface area (Å²) in [5.41, 5.74) is 0. The molecule has 0 bridgehead atoms. The van der Waals surface area contributed by atoms with Crippen LogP contribution in [0.2, 0.25) is 0 Å². The minimum Gasteiger partial charge on any atom is -0.380 e. The molecular weight excluding hydrogens is 168 g/mol. The number of aliphatic hydroxyl groups excluding tert-OH is 1. The first kappa shape index (κ1) is 8.00. The molecule has 0 rings (SSSR count). The Bertz CT molecular complexity index is 109. The maximum Gasteiger partial charge on any atom is 0.117 e. The van der Waals surface area contributed by atoms with Crippen molar-refractivity contribution in [2.75, 3.05) is 0 Å². The van der Waals surface area contributed by atoms with Gasteiger partial charge in [-0.3, -0.25) is 0 Å². The minimum absolute atomic E-state index is 0.222. The molecule has 0 aliphatic heterocycles. The Kier molecular flexibility index (Phi) is 3.94. The average molecular weight is 177 g/mol. The number of hydrogen-bond donors (Lipinski definition) is 1. The van der Waals surface area contributed by atoms with E-state index in [4.69, 9.17) is 5.11 Å². The van der Waals surface area contributed by atoms with E-state index in [2.05, 4.69) is 26.7 Å². The van der Waals surface area contributed by atoms with Crippen LogP contribution in [0.1, 0.15) is 13.8 Å². The van der Waals surface area contributed by atoms with Crippen molar-refractivity contribution in [1.29, 1.82) is 0 Å². The van der Waals surface area contributed by atoms with Gasteiger partial charge in [0.25, 0.3) is 0 Å². The average Bonchev–Trinajstić information content (AvgIpc) is 1.67. The zero-order chi connectivity index (χ0) is 6.57. The molecule has 46 valence electrons. The topological polar surface area (TPSA) is 20.2 Å². The quantitative estimate of drug-likeness (QED) is 0.599. The zero-order valence-electron chi connectivity index (χ0n) is 4.98. The van der Waals surface area contributed by atoms with Crippen LogP contribution in [-0.4, -0.2) is 11.2 Å². The van der Waals surface area contributed by atoms with E-state index >= 15 is 0 Å². The van der Waals surface area contributed by atoms with E-state index in [-0.39, 0.29) is 5.92 Å². The van der Waals surface area contributed by atoms with Crippen LogP contribution in [0.25, 0.3) is 0 Å². The van der Waals surface area contributed by atoms with Crippen molar-refractivity contribution in [3.05, 3.63) is 0 Å². The lowest BCUT2D eigenvalue weighted by Crippen LogP contribution is -2.10. The fourth-order valence-electron chi connectivity index (χ4n) is 0.223. The van der Waals surface area contributed by atoms with Gasteiger partial charge in [0.15, 0.2) is 0 Å². The standard InChI is InChI=1S/C6H9BrO/c1-5(2)6(8)3-4-7/h5-6,8H,1-2H3. The van der Waals surface area contributed by atoms with Crippen LogP contribution in [0.5, 0.6) is 0 Å². The molecule has 0 aromatic carbocycles. The van der Waals surface area contributed by atoms with Crippen molar-refractivity contribution in [2.45, 2.75) is 20.0 Å². The SMILES string of the molecule is CC(C)C(O)C#CBr. The molecule has 0 amide bonds. The highest BCUT2D eigenvalue weighted by Gasteiger charge is 2.02. The second-order valence-electron chi connectivity index (χ2n) is 1.93. The molecule has 0 aliphatic carbocycles. The summed E-state index contributed by atoms with van der Waals surface area (Å²) in [7, 11) is 0. The van der Waals surface area contributed by atoms with Crippen LogP contribution in [0, 0.1) is 16.7 Å². The third-order valence-corrected chi connectivity index (χ3v) is 1.06. The highest BCUT2D eigenvalue weighted by Crippen LogP contribution is 1.98. The van der Waals surface area contributed by atoms with Gasteiger partial charge in [-0.1, -0.05) is 19.8 Å². The Morgan fingerprint density at radius 1 is 1.50 bits per heavy atom. The maximum atomic E-state index is 8.92. The molecule has 0 aromatic heterocycles. The molecule has 1 nitrogen and oxygen atoms in total. The van der Waals surface area contributed by atoms with Crippen molar-refractivity contribution >= 4 is 15.9 Å². The molecule has 0 fully saturated rings. The monoisotopic (exact) mass is 176 g/mol. The predicted octanol–water partition coefficient (Wildman–Crippen LogP) is 1.36. The van der Waals surface area contributed by atoms with Crippen LogP contribution in [0.15, 0.2) is 0 Å². The van der Waals surface area contributed by atoms with Gasteiger partial charge in [-0.05, 0) is 10.7 Å². The van der Waals surface area contributed by atoms with Gasteiger partial charge in [0.05, 0.1) is 0 Å². The molecule has 1 atom stereocenters. The molecule has 1 unspecified atom stereocenters. The highest BCUT2D eigenvalue weighted by atomic mass is 79.9. The van der Waals surface area contributed by atoms with Gasteiger partial charge in [-0.15, -0.1) is 0 Å². The minimum atomic E-state index is -0.491. The summed E-state index contributed by atoms with van der Waals surface area (Å²) in [4.78, 5) is 2.46. The lowest BCUT2D eigenvalue weighted by molar-refractivity contribution is 0.181. The summed E-state index contributed by atoms with van der Waals surface area (Å²) >= 11 is 2.90. The molecular formula is C6H9BrO. The summed E-state index contributed by atoms with van der Waals surface area (Å²) in [5.74, 6) is 2.79. The van der Waals surface area contributed by atoms with E-state index in [1.807, 2.05) is 13.8 Å². The molecule has 0 aromatic rings. The lowest BCUT2D eigenvalue weighted by atomic mass is 10.1. The molecule has 0 radical (unpaired) electrons. The predicted molar refractivity (Wildman–Crippen MR) is 37.5 cm³/mol. The van der Waals surface area contributed by atoms with Crippen molar-refractivity contribution in [1.82, 2.24) is 0 Å². The second kappa shape index (κ2) is 3.94. The number of hydrogen-bond acceptors (Lipinski definition) is 1. The fourth-order valence-corrected chi connectivity index (χ4v) is 0.457.